The van der Waals surface area contributed by atoms with Gasteiger partial charge in [-0.3, -0.25) is 14.5 Å². The van der Waals surface area contributed by atoms with Gasteiger partial charge in [0.1, 0.15) is 0 Å². The standard InChI is InChI=1S/C17H24ClN3O2/c1-13(22)21-9-8-20(10-14-6-4-5-7-16(14)18)11-15(12-21)17(23)19(2)3/h4-7,15H,8-12H2,1-3H3/t15-/m1/s1. The molecule has 0 N–H and O–H groups in total. The first-order valence-electron chi connectivity index (χ1n) is 7.81. The molecule has 1 aliphatic heterocycles. The van der Waals surface area contributed by atoms with Crippen LogP contribution in [0.2, 0.25) is 5.02 Å². The molecule has 0 unspecified atom stereocenters. The predicted octanol–water partition coefficient (Wildman–Crippen LogP) is 1.71. The van der Waals surface area contributed by atoms with E-state index in [-0.39, 0.29) is 17.7 Å². The van der Waals surface area contributed by atoms with Crippen LogP contribution in [-0.4, -0.2) is 66.8 Å². The minimum atomic E-state index is -0.209. The Hall–Kier alpha value is -1.59. The Kier molecular flexibility index (Phi) is 6.02. The van der Waals surface area contributed by atoms with Crippen LogP contribution in [0.4, 0.5) is 0 Å². The first-order valence-corrected chi connectivity index (χ1v) is 8.18. The second kappa shape index (κ2) is 7.79. The van der Waals surface area contributed by atoms with Crippen molar-refractivity contribution in [3.8, 4) is 0 Å². The molecule has 1 aliphatic rings. The third-order valence-electron chi connectivity index (χ3n) is 4.19. The summed E-state index contributed by atoms with van der Waals surface area (Å²) in [6.45, 7) is 4.72. The lowest BCUT2D eigenvalue weighted by molar-refractivity contribution is -0.135. The van der Waals surface area contributed by atoms with Crippen molar-refractivity contribution in [1.82, 2.24) is 14.7 Å². The van der Waals surface area contributed by atoms with Gasteiger partial charge in [-0.15, -0.1) is 0 Å². The average Bonchev–Trinajstić information content (AvgIpc) is 2.71. The van der Waals surface area contributed by atoms with Crippen molar-refractivity contribution in [2.45, 2.75) is 13.5 Å². The molecule has 2 rings (SSSR count). The maximum atomic E-state index is 12.4. The molecule has 1 heterocycles. The second-order valence-electron chi connectivity index (χ2n) is 6.22. The summed E-state index contributed by atoms with van der Waals surface area (Å²) in [6.07, 6.45) is 0. The molecule has 126 valence electrons. The number of carbonyl (C=O) groups excluding carboxylic acids is 2. The summed E-state index contributed by atoms with van der Waals surface area (Å²) in [5.41, 5.74) is 1.04. The Morgan fingerprint density at radius 3 is 2.52 bits per heavy atom. The molecule has 0 spiro atoms. The monoisotopic (exact) mass is 337 g/mol. The first kappa shape index (κ1) is 17.8. The summed E-state index contributed by atoms with van der Waals surface area (Å²) < 4.78 is 0. The zero-order valence-corrected chi connectivity index (χ0v) is 14.7. The minimum Gasteiger partial charge on any atom is -0.348 e. The highest BCUT2D eigenvalue weighted by atomic mass is 35.5. The second-order valence-corrected chi connectivity index (χ2v) is 6.63. The van der Waals surface area contributed by atoms with Crippen LogP contribution in [0.1, 0.15) is 12.5 Å². The van der Waals surface area contributed by atoms with Crippen LogP contribution in [-0.2, 0) is 16.1 Å². The summed E-state index contributed by atoms with van der Waals surface area (Å²) >= 11 is 6.25. The Balaban J connectivity index is 2.15. The third-order valence-corrected chi connectivity index (χ3v) is 4.56. The predicted molar refractivity (Wildman–Crippen MR) is 91.2 cm³/mol. The zero-order valence-electron chi connectivity index (χ0n) is 14.0. The summed E-state index contributed by atoms with van der Waals surface area (Å²) in [4.78, 5) is 29.8. The van der Waals surface area contributed by atoms with Crippen LogP contribution < -0.4 is 0 Å². The normalized spacial score (nSPS) is 19.3. The van der Waals surface area contributed by atoms with E-state index in [0.717, 1.165) is 17.1 Å². The van der Waals surface area contributed by atoms with Gasteiger partial charge in [0.15, 0.2) is 0 Å². The molecule has 0 bridgehead atoms. The number of halogens is 1. The Morgan fingerprint density at radius 1 is 1.22 bits per heavy atom. The number of benzene rings is 1. The topological polar surface area (TPSA) is 43.9 Å². The van der Waals surface area contributed by atoms with Gasteiger partial charge in [0.2, 0.25) is 11.8 Å². The molecule has 1 aromatic carbocycles. The fourth-order valence-electron chi connectivity index (χ4n) is 2.90. The van der Waals surface area contributed by atoms with Crippen molar-refractivity contribution >= 4 is 23.4 Å². The number of amides is 2. The van der Waals surface area contributed by atoms with Crippen LogP contribution >= 0.6 is 11.6 Å². The van der Waals surface area contributed by atoms with Gasteiger partial charge in [-0.1, -0.05) is 29.8 Å². The maximum absolute atomic E-state index is 12.4. The van der Waals surface area contributed by atoms with Gasteiger partial charge in [0, 0.05) is 58.8 Å². The van der Waals surface area contributed by atoms with Gasteiger partial charge in [-0.2, -0.15) is 0 Å². The lowest BCUT2D eigenvalue weighted by atomic mass is 10.1. The van der Waals surface area contributed by atoms with Gasteiger partial charge >= 0.3 is 0 Å². The van der Waals surface area contributed by atoms with Crippen LogP contribution in [0.25, 0.3) is 0 Å². The molecular formula is C17H24ClN3O2. The molecule has 6 heteroatoms. The molecule has 2 amide bonds. The molecule has 1 aromatic rings. The van der Waals surface area contributed by atoms with Crippen molar-refractivity contribution in [2.75, 3.05) is 40.3 Å². The van der Waals surface area contributed by atoms with E-state index in [1.807, 2.05) is 24.3 Å². The van der Waals surface area contributed by atoms with Crippen LogP contribution in [0, 0.1) is 5.92 Å². The highest BCUT2D eigenvalue weighted by Crippen LogP contribution is 2.20. The first-order chi connectivity index (χ1) is 10.9. The molecule has 1 saturated heterocycles. The van der Waals surface area contributed by atoms with Crippen LogP contribution in [0.15, 0.2) is 24.3 Å². The average molecular weight is 338 g/mol. The van der Waals surface area contributed by atoms with E-state index in [2.05, 4.69) is 4.90 Å². The molecule has 1 atom stereocenters. The molecule has 1 fully saturated rings. The molecule has 0 aliphatic carbocycles. The molecule has 0 radical (unpaired) electrons. The lowest BCUT2D eigenvalue weighted by Crippen LogP contribution is -2.41. The van der Waals surface area contributed by atoms with Crippen molar-refractivity contribution in [1.29, 1.82) is 0 Å². The highest BCUT2D eigenvalue weighted by molar-refractivity contribution is 6.31. The van der Waals surface area contributed by atoms with E-state index < -0.39 is 0 Å². The number of hydrogen-bond donors (Lipinski definition) is 0. The van der Waals surface area contributed by atoms with Crippen LogP contribution in [0.5, 0.6) is 0 Å². The molecule has 0 aromatic heterocycles. The summed E-state index contributed by atoms with van der Waals surface area (Å²) in [5, 5.41) is 0.732. The van der Waals surface area contributed by atoms with Gasteiger partial charge in [0.05, 0.1) is 5.92 Å². The van der Waals surface area contributed by atoms with E-state index in [0.29, 0.717) is 26.2 Å². The van der Waals surface area contributed by atoms with Crippen molar-refractivity contribution in [2.24, 2.45) is 5.92 Å². The summed E-state index contributed by atoms with van der Waals surface area (Å²) in [5.74, 6) is -0.137. The maximum Gasteiger partial charge on any atom is 0.228 e. The van der Waals surface area contributed by atoms with Crippen molar-refractivity contribution < 1.29 is 9.59 Å². The number of hydrogen-bond acceptors (Lipinski definition) is 3. The van der Waals surface area contributed by atoms with E-state index in [1.54, 1.807) is 30.8 Å². The van der Waals surface area contributed by atoms with Gasteiger partial charge < -0.3 is 9.80 Å². The Morgan fingerprint density at radius 2 is 1.91 bits per heavy atom. The fourth-order valence-corrected chi connectivity index (χ4v) is 3.09. The quantitative estimate of drug-likeness (QED) is 0.843. The highest BCUT2D eigenvalue weighted by Gasteiger charge is 2.30. The smallest absolute Gasteiger partial charge is 0.228 e. The van der Waals surface area contributed by atoms with E-state index in [9.17, 15) is 9.59 Å². The number of rotatable bonds is 3. The van der Waals surface area contributed by atoms with Crippen LogP contribution in [0.3, 0.4) is 0 Å². The molecule has 23 heavy (non-hydrogen) atoms. The largest absolute Gasteiger partial charge is 0.348 e. The molecule has 5 nitrogen and oxygen atoms in total. The summed E-state index contributed by atoms with van der Waals surface area (Å²) in [6, 6.07) is 7.74. The van der Waals surface area contributed by atoms with E-state index in [4.69, 9.17) is 11.6 Å². The van der Waals surface area contributed by atoms with Crippen molar-refractivity contribution in [3.05, 3.63) is 34.9 Å². The van der Waals surface area contributed by atoms with Gasteiger partial charge in [-0.25, -0.2) is 0 Å². The van der Waals surface area contributed by atoms with Gasteiger partial charge in [-0.05, 0) is 11.6 Å². The third kappa shape index (κ3) is 4.69. The molecular weight excluding hydrogens is 314 g/mol. The van der Waals surface area contributed by atoms with E-state index in [1.165, 1.54) is 0 Å². The fraction of sp³-hybridized carbons (Fsp3) is 0.529. The van der Waals surface area contributed by atoms with Gasteiger partial charge in [0.25, 0.3) is 0 Å². The number of nitrogens with zero attached hydrogens (tertiary/aromatic N) is 3. The molecule has 0 saturated carbocycles. The van der Waals surface area contributed by atoms with E-state index >= 15 is 0 Å². The summed E-state index contributed by atoms with van der Waals surface area (Å²) in [7, 11) is 3.51. The minimum absolute atomic E-state index is 0.0150. The zero-order chi connectivity index (χ0) is 17.0. The Bertz CT molecular complexity index is 577. The number of carbonyl (C=O) groups is 2. The lowest BCUT2D eigenvalue weighted by Gasteiger charge is -2.26. The SMILES string of the molecule is CC(=O)N1CCN(Cc2ccccc2Cl)C[C@@H](C(=O)N(C)C)C1. The Labute approximate surface area is 142 Å². The van der Waals surface area contributed by atoms with Crippen molar-refractivity contribution in [3.63, 3.8) is 0 Å².